The number of amides is 4. The van der Waals surface area contributed by atoms with E-state index in [0.717, 1.165) is 11.3 Å². The minimum atomic E-state index is -1.00. The summed E-state index contributed by atoms with van der Waals surface area (Å²) in [5, 5.41) is 12.6. The second kappa shape index (κ2) is 9.14. The van der Waals surface area contributed by atoms with Crippen LogP contribution in [0, 0.1) is 0 Å². The van der Waals surface area contributed by atoms with E-state index in [2.05, 4.69) is 35.7 Å². The molecular weight excluding hydrogens is 404 g/mol. The third kappa shape index (κ3) is 5.27. The molecule has 1 aromatic rings. The molecule has 2 atom stereocenters. The van der Waals surface area contributed by atoms with E-state index in [0.29, 0.717) is 0 Å². The van der Waals surface area contributed by atoms with Crippen LogP contribution in [0.3, 0.4) is 0 Å². The number of carbonyl (C=O) groups is 4. The van der Waals surface area contributed by atoms with Crippen LogP contribution in [0.2, 0.25) is 0 Å². The van der Waals surface area contributed by atoms with Gasteiger partial charge in [-0.15, -0.1) is 22.9 Å². The molecule has 12 nitrogen and oxygen atoms in total. The Hall–Kier alpha value is -2.93. The van der Waals surface area contributed by atoms with Crippen LogP contribution in [-0.2, 0) is 24.0 Å². The molecule has 0 spiro atoms. The van der Waals surface area contributed by atoms with Gasteiger partial charge in [0, 0.05) is 5.38 Å². The van der Waals surface area contributed by atoms with E-state index in [1.807, 2.05) is 0 Å². The summed E-state index contributed by atoms with van der Waals surface area (Å²) in [5.74, 6) is -1.93. The lowest BCUT2D eigenvalue weighted by Gasteiger charge is -2.36. The number of anilines is 1. The molecule has 27 heavy (non-hydrogen) atoms. The van der Waals surface area contributed by atoms with Gasteiger partial charge in [-0.25, -0.2) is 9.78 Å². The minimum absolute atomic E-state index is 0.119. The van der Waals surface area contributed by atoms with Gasteiger partial charge in [-0.3, -0.25) is 14.4 Å². The summed E-state index contributed by atoms with van der Waals surface area (Å²) in [7, 11) is 1.23. The summed E-state index contributed by atoms with van der Waals surface area (Å²) < 4.78 is 4.61. The molecule has 0 radical (unpaired) electrons. The first kappa shape index (κ1) is 20.4. The highest BCUT2D eigenvalue weighted by molar-refractivity contribution is 7.14. The maximum Gasteiger partial charge on any atom is 0.404 e. The Morgan fingerprint density at radius 1 is 1.48 bits per heavy atom. The lowest BCUT2D eigenvalue weighted by Crippen LogP contribution is -2.71. The van der Waals surface area contributed by atoms with Crippen LogP contribution in [0.5, 0.6) is 0 Å². The summed E-state index contributed by atoms with van der Waals surface area (Å²) in [4.78, 5) is 54.8. The van der Waals surface area contributed by atoms with Crippen molar-refractivity contribution in [2.45, 2.75) is 12.1 Å². The highest BCUT2D eigenvalue weighted by Crippen LogP contribution is 2.17. The van der Waals surface area contributed by atoms with Gasteiger partial charge in [-0.05, 0) is 0 Å². The van der Waals surface area contributed by atoms with Crippen molar-refractivity contribution in [3.8, 4) is 0 Å². The maximum absolute atomic E-state index is 12.5. The van der Waals surface area contributed by atoms with Gasteiger partial charge in [0.25, 0.3) is 5.91 Å². The van der Waals surface area contributed by atoms with E-state index in [1.54, 1.807) is 0 Å². The molecule has 14 heteroatoms. The van der Waals surface area contributed by atoms with Crippen molar-refractivity contribution in [1.29, 1.82) is 0 Å². The van der Waals surface area contributed by atoms with Gasteiger partial charge in [0.15, 0.2) is 10.8 Å². The fourth-order valence-corrected chi connectivity index (χ4v) is 2.79. The largest absolute Gasteiger partial charge is 0.447 e. The van der Waals surface area contributed by atoms with Crippen LogP contribution in [0.4, 0.5) is 9.93 Å². The normalized spacial score (nSPS) is 18.7. The number of oxime groups is 1. The lowest BCUT2D eigenvalue weighted by atomic mass is 9.99. The van der Waals surface area contributed by atoms with Gasteiger partial charge in [0.1, 0.15) is 31.3 Å². The molecule has 4 amide bonds. The van der Waals surface area contributed by atoms with Crippen LogP contribution < -0.4 is 21.7 Å². The Morgan fingerprint density at radius 3 is 2.81 bits per heavy atom. The first-order valence-electron chi connectivity index (χ1n) is 7.32. The topological polar surface area (TPSA) is 174 Å². The molecule has 2 unspecified atom stereocenters. The molecule has 1 fully saturated rings. The van der Waals surface area contributed by atoms with Crippen molar-refractivity contribution in [2.24, 2.45) is 10.9 Å². The molecule has 1 saturated heterocycles. The zero-order valence-electron chi connectivity index (χ0n) is 13.9. The van der Waals surface area contributed by atoms with E-state index in [4.69, 9.17) is 17.3 Å². The highest BCUT2D eigenvalue weighted by Gasteiger charge is 2.42. The number of nitrogens with one attached hydrogen (secondary N) is 3. The second-order valence-corrected chi connectivity index (χ2v) is 6.16. The third-order valence-electron chi connectivity index (χ3n) is 3.22. The summed E-state index contributed by atoms with van der Waals surface area (Å²) in [6, 6.07) is -1.58. The predicted molar refractivity (Wildman–Crippen MR) is 94.4 cm³/mol. The van der Waals surface area contributed by atoms with Crippen molar-refractivity contribution < 1.29 is 28.8 Å². The molecule has 1 aliphatic heterocycles. The van der Waals surface area contributed by atoms with Crippen LogP contribution in [-0.4, -0.2) is 66.2 Å². The number of hydrogen-bond acceptors (Lipinski definition) is 9. The van der Waals surface area contributed by atoms with Gasteiger partial charge in [0.2, 0.25) is 11.8 Å². The van der Waals surface area contributed by atoms with Gasteiger partial charge in [-0.1, -0.05) is 5.16 Å². The summed E-state index contributed by atoms with van der Waals surface area (Å²) >= 11 is 6.45. The molecule has 2 rings (SSSR count). The quantitative estimate of drug-likeness (QED) is 0.176. The number of ether oxygens (including phenoxy) is 1. The SMILES string of the molecule is CON=C(C(=O)NC1C(=O)NC1COC(N)=O)c1csc(NC(=O)CCl)n1. The molecule has 0 aromatic carbocycles. The van der Waals surface area contributed by atoms with Crippen molar-refractivity contribution in [3.05, 3.63) is 11.1 Å². The average molecular weight is 419 g/mol. The van der Waals surface area contributed by atoms with Crippen molar-refractivity contribution >= 4 is 57.6 Å². The first-order valence-corrected chi connectivity index (χ1v) is 8.73. The summed E-state index contributed by atoms with van der Waals surface area (Å²) in [6.45, 7) is -0.200. The number of β-lactam (4-membered cyclic amide) rings is 1. The molecule has 0 bridgehead atoms. The smallest absolute Gasteiger partial charge is 0.404 e. The number of thiazole rings is 1. The molecule has 5 N–H and O–H groups in total. The fourth-order valence-electron chi connectivity index (χ4n) is 2.02. The van der Waals surface area contributed by atoms with Crippen LogP contribution in [0.15, 0.2) is 10.5 Å². The monoisotopic (exact) mass is 418 g/mol. The highest BCUT2D eigenvalue weighted by atomic mass is 35.5. The Balaban J connectivity index is 2.07. The zero-order valence-corrected chi connectivity index (χ0v) is 15.4. The van der Waals surface area contributed by atoms with Crippen LogP contribution >= 0.6 is 22.9 Å². The number of aromatic nitrogens is 1. The summed E-state index contributed by atoms with van der Waals surface area (Å²) in [6.07, 6.45) is -1.00. The van der Waals surface area contributed by atoms with Gasteiger partial charge in [0.05, 0.1) is 6.04 Å². The van der Waals surface area contributed by atoms with Crippen molar-refractivity contribution in [1.82, 2.24) is 15.6 Å². The number of hydrogen-bond donors (Lipinski definition) is 4. The number of nitrogens with zero attached hydrogens (tertiary/aromatic N) is 2. The molecule has 0 saturated carbocycles. The van der Waals surface area contributed by atoms with Crippen LogP contribution in [0.1, 0.15) is 5.69 Å². The lowest BCUT2D eigenvalue weighted by molar-refractivity contribution is -0.135. The Bertz CT molecular complexity index is 783. The average Bonchev–Trinajstić information content (AvgIpc) is 3.08. The molecule has 1 aliphatic rings. The molecule has 1 aromatic heterocycles. The minimum Gasteiger partial charge on any atom is -0.447 e. The number of carbonyl (C=O) groups excluding carboxylic acids is 4. The summed E-state index contributed by atoms with van der Waals surface area (Å²) in [5.41, 5.74) is 4.78. The second-order valence-electron chi connectivity index (χ2n) is 5.04. The number of primary amides is 1. The van der Waals surface area contributed by atoms with Crippen molar-refractivity contribution in [2.75, 3.05) is 24.9 Å². The number of alkyl halides is 1. The zero-order chi connectivity index (χ0) is 20.0. The van der Waals surface area contributed by atoms with E-state index in [-0.39, 0.29) is 29.0 Å². The van der Waals surface area contributed by atoms with Gasteiger partial charge in [-0.2, -0.15) is 0 Å². The number of nitrogens with two attached hydrogens (primary N) is 1. The maximum atomic E-state index is 12.5. The molecular formula is C13H15ClN6O6S. The van der Waals surface area contributed by atoms with E-state index in [1.165, 1.54) is 12.5 Å². The van der Waals surface area contributed by atoms with E-state index < -0.39 is 35.9 Å². The number of halogens is 1. The van der Waals surface area contributed by atoms with Gasteiger partial charge >= 0.3 is 6.09 Å². The predicted octanol–water partition coefficient (Wildman–Crippen LogP) is -1.25. The molecule has 2 heterocycles. The number of rotatable bonds is 8. The van der Waals surface area contributed by atoms with Crippen LogP contribution in [0.25, 0.3) is 0 Å². The van der Waals surface area contributed by atoms with Crippen molar-refractivity contribution in [3.63, 3.8) is 0 Å². The fraction of sp³-hybridized carbons (Fsp3) is 0.385. The molecule has 0 aliphatic carbocycles. The van der Waals surface area contributed by atoms with E-state index in [9.17, 15) is 19.2 Å². The van der Waals surface area contributed by atoms with E-state index >= 15 is 0 Å². The Kier molecular flexibility index (Phi) is 6.90. The standard InChI is InChI=1S/C13H15ClN6O6S/c1-25-20-9(6-4-27-13(17-6)18-7(21)2-14)11(23)19-8-5(16-10(8)22)3-26-12(15)24/h4-5,8H,2-3H2,1H3,(H2,15,24)(H,16,22)(H,19,23)(H,17,18,21). The first-order chi connectivity index (χ1) is 12.8. The Labute approximate surface area is 161 Å². The Morgan fingerprint density at radius 2 is 2.22 bits per heavy atom. The third-order valence-corrected chi connectivity index (χ3v) is 4.22. The van der Waals surface area contributed by atoms with Gasteiger partial charge < -0.3 is 31.3 Å². The molecule has 146 valence electrons.